The summed E-state index contributed by atoms with van der Waals surface area (Å²) in [6, 6.07) is 11.3. The summed E-state index contributed by atoms with van der Waals surface area (Å²) in [4.78, 5) is 16.8. The third kappa shape index (κ3) is 2.25. The summed E-state index contributed by atoms with van der Waals surface area (Å²) in [6.45, 7) is 0. The SMILES string of the molecule is CON(C)C(=O)c1cc2ccccc2cc1Cl. The fraction of sp³-hybridized carbons (Fsp3) is 0.154. The average Bonchev–Trinajstić information content (AvgIpc) is 2.36. The molecule has 4 heteroatoms. The van der Waals surface area contributed by atoms with E-state index in [4.69, 9.17) is 16.4 Å². The molecule has 0 aliphatic carbocycles. The number of hydroxylamine groups is 2. The van der Waals surface area contributed by atoms with Crippen molar-refractivity contribution in [3.05, 3.63) is 47.0 Å². The Morgan fingerprint density at radius 2 is 1.82 bits per heavy atom. The van der Waals surface area contributed by atoms with E-state index in [1.165, 1.54) is 7.11 Å². The fourth-order valence-electron chi connectivity index (χ4n) is 1.63. The third-order valence-electron chi connectivity index (χ3n) is 2.63. The number of carbonyl (C=O) groups excluding carboxylic acids is 1. The van der Waals surface area contributed by atoms with Crippen LogP contribution in [0.3, 0.4) is 0 Å². The van der Waals surface area contributed by atoms with Crippen molar-refractivity contribution in [1.82, 2.24) is 5.06 Å². The minimum Gasteiger partial charge on any atom is -0.274 e. The van der Waals surface area contributed by atoms with Gasteiger partial charge in [-0.1, -0.05) is 35.9 Å². The molecule has 3 nitrogen and oxygen atoms in total. The van der Waals surface area contributed by atoms with Crippen molar-refractivity contribution in [2.75, 3.05) is 14.2 Å². The Balaban J connectivity index is 2.54. The molecule has 0 atom stereocenters. The maximum absolute atomic E-state index is 12.0. The minimum absolute atomic E-state index is 0.261. The molecule has 0 bridgehead atoms. The first-order valence-corrected chi connectivity index (χ1v) is 5.51. The van der Waals surface area contributed by atoms with Gasteiger partial charge in [-0.25, -0.2) is 5.06 Å². The summed E-state index contributed by atoms with van der Waals surface area (Å²) in [5.74, 6) is -0.261. The Morgan fingerprint density at radius 1 is 1.24 bits per heavy atom. The van der Waals surface area contributed by atoms with Crippen molar-refractivity contribution in [2.45, 2.75) is 0 Å². The Hall–Kier alpha value is -1.58. The lowest BCUT2D eigenvalue weighted by Gasteiger charge is -2.15. The number of halogens is 1. The number of carbonyl (C=O) groups is 1. The second kappa shape index (κ2) is 4.73. The van der Waals surface area contributed by atoms with Crippen molar-refractivity contribution in [1.29, 1.82) is 0 Å². The zero-order valence-corrected chi connectivity index (χ0v) is 10.4. The molecule has 0 heterocycles. The number of benzene rings is 2. The van der Waals surface area contributed by atoms with Gasteiger partial charge in [0.15, 0.2) is 0 Å². The number of rotatable bonds is 2. The average molecular weight is 250 g/mol. The van der Waals surface area contributed by atoms with Gasteiger partial charge in [0.1, 0.15) is 0 Å². The van der Waals surface area contributed by atoms with E-state index in [2.05, 4.69) is 0 Å². The van der Waals surface area contributed by atoms with Gasteiger partial charge in [-0.2, -0.15) is 0 Å². The molecule has 0 aliphatic rings. The van der Waals surface area contributed by atoms with E-state index in [9.17, 15) is 4.79 Å². The van der Waals surface area contributed by atoms with E-state index in [-0.39, 0.29) is 5.91 Å². The maximum Gasteiger partial charge on any atom is 0.278 e. The van der Waals surface area contributed by atoms with Gasteiger partial charge in [-0.05, 0) is 22.9 Å². The van der Waals surface area contributed by atoms with Gasteiger partial charge >= 0.3 is 0 Å². The first-order valence-electron chi connectivity index (χ1n) is 5.14. The third-order valence-corrected chi connectivity index (χ3v) is 2.94. The maximum atomic E-state index is 12.0. The van der Waals surface area contributed by atoms with E-state index in [1.807, 2.05) is 24.3 Å². The molecule has 0 aliphatic heterocycles. The Bertz CT molecular complexity index is 568. The van der Waals surface area contributed by atoms with Crippen LogP contribution in [0.15, 0.2) is 36.4 Å². The second-order valence-corrected chi connectivity index (χ2v) is 4.07. The summed E-state index contributed by atoms with van der Waals surface area (Å²) >= 11 is 6.10. The van der Waals surface area contributed by atoms with Crippen molar-refractivity contribution >= 4 is 28.3 Å². The van der Waals surface area contributed by atoms with Gasteiger partial charge in [-0.3, -0.25) is 9.63 Å². The predicted octanol–water partition coefficient (Wildman–Crippen LogP) is 3.13. The molecule has 17 heavy (non-hydrogen) atoms. The lowest BCUT2D eigenvalue weighted by Crippen LogP contribution is -2.25. The van der Waals surface area contributed by atoms with Crippen LogP contribution < -0.4 is 0 Å². The lowest BCUT2D eigenvalue weighted by molar-refractivity contribution is -0.0756. The van der Waals surface area contributed by atoms with Crippen LogP contribution in [0.25, 0.3) is 10.8 Å². The number of nitrogens with zero attached hydrogens (tertiary/aromatic N) is 1. The number of hydrogen-bond acceptors (Lipinski definition) is 2. The van der Waals surface area contributed by atoms with E-state index in [1.54, 1.807) is 19.2 Å². The monoisotopic (exact) mass is 249 g/mol. The molecule has 0 fully saturated rings. The second-order valence-electron chi connectivity index (χ2n) is 3.66. The summed E-state index contributed by atoms with van der Waals surface area (Å²) in [7, 11) is 2.99. The van der Waals surface area contributed by atoms with E-state index < -0.39 is 0 Å². The van der Waals surface area contributed by atoms with Crippen molar-refractivity contribution in [3.63, 3.8) is 0 Å². The van der Waals surface area contributed by atoms with Crippen molar-refractivity contribution in [2.24, 2.45) is 0 Å². The van der Waals surface area contributed by atoms with Gasteiger partial charge in [0.2, 0.25) is 0 Å². The number of fused-ring (bicyclic) bond motifs is 1. The van der Waals surface area contributed by atoms with Crippen LogP contribution in [0, 0.1) is 0 Å². The standard InChI is InChI=1S/C13H12ClNO2/c1-15(17-2)13(16)11-7-9-5-3-4-6-10(9)8-12(11)14/h3-8H,1-2H3. The topological polar surface area (TPSA) is 29.5 Å². The number of amides is 1. The molecule has 0 spiro atoms. The highest BCUT2D eigenvalue weighted by Crippen LogP contribution is 2.24. The normalized spacial score (nSPS) is 10.5. The quantitative estimate of drug-likeness (QED) is 0.766. The van der Waals surface area contributed by atoms with Crippen molar-refractivity contribution in [3.8, 4) is 0 Å². The first-order chi connectivity index (χ1) is 8.13. The van der Waals surface area contributed by atoms with Gasteiger partial charge in [0.05, 0.1) is 17.7 Å². The van der Waals surface area contributed by atoms with Crippen LogP contribution in [0.4, 0.5) is 0 Å². The molecule has 2 aromatic carbocycles. The molecule has 0 aromatic heterocycles. The highest BCUT2D eigenvalue weighted by atomic mass is 35.5. The Labute approximate surface area is 105 Å². The molecule has 0 saturated heterocycles. The highest BCUT2D eigenvalue weighted by molar-refractivity contribution is 6.34. The van der Waals surface area contributed by atoms with E-state index >= 15 is 0 Å². The fourth-order valence-corrected chi connectivity index (χ4v) is 1.88. The molecular formula is C13H12ClNO2. The Kier molecular flexibility index (Phi) is 3.31. The summed E-state index contributed by atoms with van der Waals surface area (Å²) in [6.07, 6.45) is 0. The largest absolute Gasteiger partial charge is 0.278 e. The van der Waals surface area contributed by atoms with E-state index in [0.29, 0.717) is 10.6 Å². The van der Waals surface area contributed by atoms with Crippen LogP contribution in [0.2, 0.25) is 5.02 Å². The molecule has 0 radical (unpaired) electrons. The summed E-state index contributed by atoms with van der Waals surface area (Å²) < 4.78 is 0. The minimum atomic E-state index is -0.261. The molecule has 0 N–H and O–H groups in total. The van der Waals surface area contributed by atoms with E-state index in [0.717, 1.165) is 15.8 Å². The van der Waals surface area contributed by atoms with Crippen LogP contribution in [0.5, 0.6) is 0 Å². The smallest absolute Gasteiger partial charge is 0.274 e. The first kappa shape index (κ1) is 11.9. The number of hydrogen-bond donors (Lipinski definition) is 0. The summed E-state index contributed by atoms with van der Waals surface area (Å²) in [5, 5.41) is 3.56. The molecule has 2 aromatic rings. The van der Waals surface area contributed by atoms with Crippen LogP contribution >= 0.6 is 11.6 Å². The molecular weight excluding hydrogens is 238 g/mol. The summed E-state index contributed by atoms with van der Waals surface area (Å²) in [5.41, 5.74) is 0.440. The van der Waals surface area contributed by atoms with Crippen molar-refractivity contribution < 1.29 is 9.63 Å². The van der Waals surface area contributed by atoms with Gasteiger partial charge in [0.25, 0.3) is 5.91 Å². The van der Waals surface area contributed by atoms with Crippen LogP contribution in [0.1, 0.15) is 10.4 Å². The molecule has 0 saturated carbocycles. The van der Waals surface area contributed by atoms with Gasteiger partial charge < -0.3 is 0 Å². The van der Waals surface area contributed by atoms with Gasteiger partial charge in [-0.15, -0.1) is 0 Å². The van der Waals surface area contributed by atoms with Gasteiger partial charge in [0, 0.05) is 7.05 Å². The Morgan fingerprint density at radius 3 is 2.41 bits per heavy atom. The lowest BCUT2D eigenvalue weighted by atomic mass is 10.1. The molecule has 88 valence electrons. The zero-order chi connectivity index (χ0) is 12.4. The predicted molar refractivity (Wildman–Crippen MR) is 68.1 cm³/mol. The molecule has 2 rings (SSSR count). The van der Waals surface area contributed by atoms with Crippen LogP contribution in [-0.2, 0) is 4.84 Å². The zero-order valence-electron chi connectivity index (χ0n) is 9.61. The molecule has 1 amide bonds. The highest BCUT2D eigenvalue weighted by Gasteiger charge is 2.15. The van der Waals surface area contributed by atoms with Crippen LogP contribution in [-0.4, -0.2) is 25.1 Å². The molecule has 0 unspecified atom stereocenters.